The Morgan fingerprint density at radius 3 is 3.17 bits per heavy atom. The molecule has 1 aliphatic rings. The lowest BCUT2D eigenvalue weighted by atomic mass is 10.2. The van der Waals surface area contributed by atoms with Crippen molar-refractivity contribution >= 4 is 0 Å². The van der Waals surface area contributed by atoms with Crippen LogP contribution in [-0.4, -0.2) is 25.5 Å². The van der Waals surface area contributed by atoms with Gasteiger partial charge in [0.25, 0.3) is 0 Å². The largest absolute Gasteiger partial charge is 0.353 e. The minimum Gasteiger partial charge on any atom is -0.353 e. The maximum atomic E-state index is 8.07. The molecule has 1 fully saturated rings. The first-order valence-electron chi connectivity index (χ1n) is 4.14. The van der Waals surface area contributed by atoms with E-state index in [-0.39, 0.29) is 12.4 Å². The smallest absolute Gasteiger partial charge is 0.158 e. The predicted octanol–water partition coefficient (Wildman–Crippen LogP) is 1.84. The van der Waals surface area contributed by atoms with E-state index in [0.29, 0.717) is 13.2 Å². The molecular weight excluding hydrogens is 158 g/mol. The van der Waals surface area contributed by atoms with Crippen molar-refractivity contribution in [1.82, 2.24) is 0 Å². The van der Waals surface area contributed by atoms with Crippen LogP contribution in [0.25, 0.3) is 10.4 Å². The Bertz CT molecular complexity index is 179. The summed E-state index contributed by atoms with van der Waals surface area (Å²) in [5.74, 6) is 0. The Balaban J connectivity index is 2.20. The quantitative estimate of drug-likeness (QED) is 0.368. The maximum Gasteiger partial charge on any atom is 0.158 e. The van der Waals surface area contributed by atoms with Gasteiger partial charge < -0.3 is 9.47 Å². The van der Waals surface area contributed by atoms with Gasteiger partial charge in [0, 0.05) is 17.9 Å². The summed E-state index contributed by atoms with van der Waals surface area (Å²) < 4.78 is 10.7. The Kier molecular flexibility index (Phi) is 3.87. The van der Waals surface area contributed by atoms with Crippen molar-refractivity contribution in [2.75, 3.05) is 13.2 Å². The average Bonchev–Trinajstić information content (AvgIpc) is 2.50. The van der Waals surface area contributed by atoms with Gasteiger partial charge in [-0.25, -0.2) is 0 Å². The topological polar surface area (TPSA) is 67.2 Å². The van der Waals surface area contributed by atoms with Gasteiger partial charge in [-0.15, -0.1) is 0 Å². The summed E-state index contributed by atoms with van der Waals surface area (Å²) in [5, 5.41) is 3.45. The lowest BCUT2D eigenvalue weighted by molar-refractivity contribution is -0.127. The fourth-order valence-electron chi connectivity index (χ4n) is 1.24. The fraction of sp³-hybridized carbons (Fsp3) is 1.00. The van der Waals surface area contributed by atoms with E-state index in [0.717, 1.165) is 12.8 Å². The maximum absolute atomic E-state index is 8.07. The fourth-order valence-corrected chi connectivity index (χ4v) is 1.24. The van der Waals surface area contributed by atoms with Crippen LogP contribution >= 0.6 is 0 Å². The second-order valence-electron chi connectivity index (χ2n) is 2.63. The molecule has 0 amide bonds. The molecule has 0 aliphatic carbocycles. The second kappa shape index (κ2) is 4.98. The standard InChI is InChI=1S/C7H13N3O2/c1-2-11-7-4-3-6(12-7)5-9-10-8/h6-7H,2-5H2,1H3. The van der Waals surface area contributed by atoms with Crippen molar-refractivity contribution in [3.05, 3.63) is 10.4 Å². The van der Waals surface area contributed by atoms with Gasteiger partial charge in [0.05, 0.1) is 12.6 Å². The molecule has 0 N–H and O–H groups in total. The third-order valence-corrected chi connectivity index (χ3v) is 1.77. The highest BCUT2D eigenvalue weighted by Crippen LogP contribution is 2.20. The van der Waals surface area contributed by atoms with Gasteiger partial charge in [-0.3, -0.25) is 0 Å². The van der Waals surface area contributed by atoms with Gasteiger partial charge in [-0.1, -0.05) is 5.11 Å². The molecule has 1 rings (SSSR count). The molecule has 0 aromatic rings. The van der Waals surface area contributed by atoms with Crippen molar-refractivity contribution in [3.63, 3.8) is 0 Å². The number of nitrogens with zero attached hydrogens (tertiary/aromatic N) is 3. The Morgan fingerprint density at radius 2 is 2.50 bits per heavy atom. The summed E-state index contributed by atoms with van der Waals surface area (Å²) in [6, 6.07) is 0. The first-order chi connectivity index (χ1) is 5.86. The molecule has 5 nitrogen and oxygen atoms in total. The van der Waals surface area contributed by atoms with Crippen LogP contribution in [0.1, 0.15) is 19.8 Å². The van der Waals surface area contributed by atoms with Crippen molar-refractivity contribution in [2.24, 2.45) is 5.11 Å². The van der Waals surface area contributed by atoms with Crippen LogP contribution in [0.15, 0.2) is 5.11 Å². The molecule has 68 valence electrons. The van der Waals surface area contributed by atoms with Crippen LogP contribution in [0.3, 0.4) is 0 Å². The molecule has 12 heavy (non-hydrogen) atoms. The first kappa shape index (κ1) is 9.32. The third kappa shape index (κ3) is 2.70. The van der Waals surface area contributed by atoms with Crippen LogP contribution < -0.4 is 0 Å². The monoisotopic (exact) mass is 171 g/mol. The van der Waals surface area contributed by atoms with E-state index in [1.807, 2.05) is 6.92 Å². The summed E-state index contributed by atoms with van der Waals surface area (Å²) in [7, 11) is 0. The van der Waals surface area contributed by atoms with E-state index >= 15 is 0 Å². The van der Waals surface area contributed by atoms with E-state index in [1.165, 1.54) is 0 Å². The molecule has 1 aliphatic heterocycles. The van der Waals surface area contributed by atoms with E-state index in [1.54, 1.807) is 0 Å². The van der Waals surface area contributed by atoms with E-state index < -0.39 is 0 Å². The molecular formula is C7H13N3O2. The highest BCUT2D eigenvalue weighted by atomic mass is 16.7. The van der Waals surface area contributed by atoms with E-state index in [2.05, 4.69) is 10.0 Å². The van der Waals surface area contributed by atoms with Gasteiger partial charge in [0.15, 0.2) is 6.29 Å². The highest BCUT2D eigenvalue weighted by molar-refractivity contribution is 4.70. The molecule has 0 aromatic heterocycles. The Labute approximate surface area is 71.3 Å². The number of ether oxygens (including phenoxy) is 2. The van der Waals surface area contributed by atoms with Crippen molar-refractivity contribution in [2.45, 2.75) is 32.2 Å². The molecule has 0 aromatic carbocycles. The second-order valence-corrected chi connectivity index (χ2v) is 2.63. The Hall–Kier alpha value is -0.770. The van der Waals surface area contributed by atoms with E-state index in [4.69, 9.17) is 15.0 Å². The summed E-state index contributed by atoms with van der Waals surface area (Å²) in [5.41, 5.74) is 8.07. The molecule has 1 heterocycles. The molecule has 0 bridgehead atoms. The van der Waals surface area contributed by atoms with Gasteiger partial charge in [-0.2, -0.15) is 0 Å². The zero-order valence-electron chi connectivity index (χ0n) is 7.14. The molecule has 2 atom stereocenters. The van der Waals surface area contributed by atoms with Crippen molar-refractivity contribution in [1.29, 1.82) is 0 Å². The molecule has 2 unspecified atom stereocenters. The lowest BCUT2D eigenvalue weighted by Crippen LogP contribution is -2.15. The lowest BCUT2D eigenvalue weighted by Gasteiger charge is -2.11. The van der Waals surface area contributed by atoms with Gasteiger partial charge in [-0.05, 0) is 18.9 Å². The summed E-state index contributed by atoms with van der Waals surface area (Å²) in [6.07, 6.45) is 1.79. The normalized spacial score (nSPS) is 28.4. The average molecular weight is 171 g/mol. The number of hydrogen-bond acceptors (Lipinski definition) is 3. The van der Waals surface area contributed by atoms with Crippen molar-refractivity contribution in [3.8, 4) is 0 Å². The summed E-state index contributed by atoms with van der Waals surface area (Å²) in [4.78, 5) is 2.67. The highest BCUT2D eigenvalue weighted by Gasteiger charge is 2.24. The molecule has 0 radical (unpaired) electrons. The number of azide groups is 1. The zero-order chi connectivity index (χ0) is 8.81. The van der Waals surface area contributed by atoms with E-state index in [9.17, 15) is 0 Å². The van der Waals surface area contributed by atoms with Crippen LogP contribution in [0.5, 0.6) is 0 Å². The molecule has 1 saturated heterocycles. The van der Waals surface area contributed by atoms with Gasteiger partial charge >= 0.3 is 0 Å². The molecule has 0 saturated carbocycles. The van der Waals surface area contributed by atoms with Crippen LogP contribution in [0.4, 0.5) is 0 Å². The number of rotatable bonds is 4. The van der Waals surface area contributed by atoms with Gasteiger partial charge in [0.2, 0.25) is 0 Å². The minimum atomic E-state index is -0.0890. The SMILES string of the molecule is CCOC1CCC(CN=[N+]=[N-])O1. The summed E-state index contributed by atoms with van der Waals surface area (Å²) >= 11 is 0. The third-order valence-electron chi connectivity index (χ3n) is 1.77. The van der Waals surface area contributed by atoms with Crippen molar-refractivity contribution < 1.29 is 9.47 Å². The predicted molar refractivity (Wildman–Crippen MR) is 43.5 cm³/mol. The summed E-state index contributed by atoms with van der Waals surface area (Å²) in [6.45, 7) is 3.02. The van der Waals surface area contributed by atoms with Crippen LogP contribution in [0, 0.1) is 0 Å². The van der Waals surface area contributed by atoms with Crippen LogP contribution in [0.2, 0.25) is 0 Å². The molecule has 0 spiro atoms. The Morgan fingerprint density at radius 1 is 1.67 bits per heavy atom. The minimum absolute atomic E-state index is 0.0532. The van der Waals surface area contributed by atoms with Gasteiger partial charge in [0.1, 0.15) is 0 Å². The number of hydrogen-bond donors (Lipinski definition) is 0. The zero-order valence-corrected chi connectivity index (χ0v) is 7.14. The van der Waals surface area contributed by atoms with Crippen LogP contribution in [-0.2, 0) is 9.47 Å². The first-order valence-corrected chi connectivity index (χ1v) is 4.14. The molecule has 5 heteroatoms.